The Bertz CT molecular complexity index is 380. The minimum atomic E-state index is 0.721. The number of hydrogen-bond donors (Lipinski definition) is 0. The summed E-state index contributed by atoms with van der Waals surface area (Å²) in [6.07, 6.45) is 12.6. The molecule has 0 aliphatic heterocycles. The highest BCUT2D eigenvalue weighted by molar-refractivity contribution is 5.55. The number of aliphatic imine (C=N–C) groups is 1. The van der Waals surface area contributed by atoms with Crippen molar-refractivity contribution in [3.63, 3.8) is 0 Å². The van der Waals surface area contributed by atoms with Gasteiger partial charge in [-0.2, -0.15) is 4.99 Å². The lowest BCUT2D eigenvalue weighted by atomic mass is 10.0. The van der Waals surface area contributed by atoms with Gasteiger partial charge >= 0.3 is 0 Å². The van der Waals surface area contributed by atoms with Crippen molar-refractivity contribution in [3.05, 3.63) is 36.2 Å². The molecule has 0 spiro atoms. The zero-order valence-electron chi connectivity index (χ0n) is 11.2. The van der Waals surface area contributed by atoms with E-state index in [0.29, 0.717) is 0 Å². The van der Waals surface area contributed by atoms with E-state index in [-0.39, 0.29) is 0 Å². The van der Waals surface area contributed by atoms with Crippen molar-refractivity contribution in [3.8, 4) is 0 Å². The Morgan fingerprint density at radius 3 is 2.61 bits per heavy atom. The lowest BCUT2D eigenvalue weighted by Crippen LogP contribution is -1.85. The van der Waals surface area contributed by atoms with Gasteiger partial charge in [-0.25, -0.2) is 4.79 Å². The summed E-state index contributed by atoms with van der Waals surface area (Å²) in [4.78, 5) is 14.0. The van der Waals surface area contributed by atoms with E-state index in [1.165, 1.54) is 38.5 Å². The maximum absolute atomic E-state index is 10.3. The van der Waals surface area contributed by atoms with Crippen molar-refractivity contribution in [2.75, 3.05) is 0 Å². The summed E-state index contributed by atoms with van der Waals surface area (Å²) in [7, 11) is 0. The average molecular weight is 244 g/mol. The largest absolute Gasteiger partial charge is 0.240 e. The molecular formula is C16H22NO. The summed E-state index contributed by atoms with van der Waals surface area (Å²) in [5.41, 5.74) is 1.76. The van der Waals surface area contributed by atoms with E-state index < -0.39 is 0 Å². The van der Waals surface area contributed by atoms with E-state index in [2.05, 4.69) is 18.3 Å². The molecule has 1 rings (SSSR count). The van der Waals surface area contributed by atoms with Crippen LogP contribution < -0.4 is 0 Å². The van der Waals surface area contributed by atoms with Crippen LogP contribution in [0.2, 0.25) is 0 Å². The lowest BCUT2D eigenvalue weighted by molar-refractivity contribution is 0.565. The molecule has 1 radical (unpaired) electrons. The van der Waals surface area contributed by atoms with Gasteiger partial charge in [0, 0.05) is 0 Å². The first kappa shape index (κ1) is 14.7. The quantitative estimate of drug-likeness (QED) is 0.343. The molecule has 18 heavy (non-hydrogen) atoms. The number of unbranched alkanes of at least 4 members (excludes halogenated alkanes) is 6. The third-order valence-electron chi connectivity index (χ3n) is 3.02. The Morgan fingerprint density at radius 1 is 1.11 bits per heavy atom. The molecule has 2 nitrogen and oxygen atoms in total. The summed E-state index contributed by atoms with van der Waals surface area (Å²) in [6.45, 7) is 2.23. The molecule has 0 unspecified atom stereocenters. The first-order valence-electron chi connectivity index (χ1n) is 6.88. The monoisotopic (exact) mass is 244 g/mol. The maximum Gasteiger partial charge on any atom is 0.240 e. The fraction of sp³-hybridized carbons (Fsp3) is 0.500. The van der Waals surface area contributed by atoms with Crippen molar-refractivity contribution in [2.45, 2.75) is 51.9 Å². The Hall–Kier alpha value is -1.40. The van der Waals surface area contributed by atoms with Crippen LogP contribution in [-0.2, 0) is 4.79 Å². The Morgan fingerprint density at radius 2 is 1.83 bits per heavy atom. The van der Waals surface area contributed by atoms with Gasteiger partial charge in [-0.1, -0.05) is 63.6 Å². The first-order chi connectivity index (χ1) is 8.88. The summed E-state index contributed by atoms with van der Waals surface area (Å²) >= 11 is 0. The highest BCUT2D eigenvalue weighted by Gasteiger charge is 2.00. The van der Waals surface area contributed by atoms with E-state index in [1.807, 2.05) is 24.3 Å². The molecule has 0 bridgehead atoms. The third-order valence-corrected chi connectivity index (χ3v) is 3.02. The average Bonchev–Trinajstić information content (AvgIpc) is 2.40. The fourth-order valence-corrected chi connectivity index (χ4v) is 1.99. The molecule has 0 aromatic heterocycles. The van der Waals surface area contributed by atoms with E-state index in [9.17, 15) is 4.79 Å². The van der Waals surface area contributed by atoms with Crippen LogP contribution in [0.1, 0.15) is 57.4 Å². The van der Waals surface area contributed by atoms with Crippen molar-refractivity contribution in [1.82, 2.24) is 0 Å². The van der Waals surface area contributed by atoms with Crippen LogP contribution in [0, 0.1) is 6.42 Å². The molecule has 0 atom stereocenters. The Labute approximate surface area is 110 Å². The van der Waals surface area contributed by atoms with Crippen LogP contribution in [-0.4, -0.2) is 6.08 Å². The van der Waals surface area contributed by atoms with Crippen LogP contribution in [0.5, 0.6) is 0 Å². The lowest BCUT2D eigenvalue weighted by Gasteiger charge is -2.04. The predicted octanol–water partition coefficient (Wildman–Crippen LogP) is 4.96. The highest BCUT2D eigenvalue weighted by Crippen LogP contribution is 2.22. The summed E-state index contributed by atoms with van der Waals surface area (Å²) in [5, 5.41) is 0. The standard InChI is InChI=1S/C16H22NO/c1-2-3-4-5-6-7-8-11-15-12-9-10-13-16(15)17-14-18/h9-13H,2-8H2,1H3. The molecule has 0 aliphatic rings. The summed E-state index contributed by atoms with van der Waals surface area (Å²) < 4.78 is 0. The number of nitrogens with zero attached hydrogens (tertiary/aromatic N) is 1. The molecule has 2 heteroatoms. The molecule has 1 aromatic rings. The van der Waals surface area contributed by atoms with Crippen molar-refractivity contribution < 1.29 is 4.79 Å². The Balaban J connectivity index is 2.24. The van der Waals surface area contributed by atoms with Crippen LogP contribution in [0.3, 0.4) is 0 Å². The van der Waals surface area contributed by atoms with Gasteiger partial charge in [-0.3, -0.25) is 0 Å². The van der Waals surface area contributed by atoms with Gasteiger partial charge in [0.1, 0.15) is 0 Å². The number of para-hydroxylation sites is 1. The van der Waals surface area contributed by atoms with Crippen LogP contribution in [0.4, 0.5) is 5.69 Å². The smallest absolute Gasteiger partial charge is 0.211 e. The molecule has 0 N–H and O–H groups in total. The fourth-order valence-electron chi connectivity index (χ4n) is 1.99. The molecule has 1 aromatic carbocycles. The van der Waals surface area contributed by atoms with Crippen LogP contribution in [0.25, 0.3) is 0 Å². The van der Waals surface area contributed by atoms with Gasteiger partial charge in [0.25, 0.3) is 0 Å². The number of carbonyl (C=O) groups excluding carboxylic acids is 1. The molecule has 0 heterocycles. The highest BCUT2D eigenvalue weighted by atomic mass is 16.1. The molecule has 0 saturated carbocycles. The second kappa shape index (κ2) is 9.61. The summed E-state index contributed by atoms with van der Waals surface area (Å²) in [5.74, 6) is 0. The number of isocyanates is 1. The van der Waals surface area contributed by atoms with E-state index in [4.69, 9.17) is 0 Å². The minimum Gasteiger partial charge on any atom is -0.211 e. The van der Waals surface area contributed by atoms with Gasteiger partial charge in [-0.15, -0.1) is 0 Å². The van der Waals surface area contributed by atoms with E-state index in [0.717, 1.165) is 17.7 Å². The van der Waals surface area contributed by atoms with Gasteiger partial charge < -0.3 is 0 Å². The van der Waals surface area contributed by atoms with Gasteiger partial charge in [0.2, 0.25) is 6.08 Å². The minimum absolute atomic E-state index is 0.721. The molecule has 0 aliphatic carbocycles. The normalized spacial score (nSPS) is 10.1. The number of rotatable bonds is 9. The van der Waals surface area contributed by atoms with Crippen molar-refractivity contribution in [1.29, 1.82) is 0 Å². The zero-order chi connectivity index (χ0) is 13.1. The van der Waals surface area contributed by atoms with Gasteiger partial charge in [0.05, 0.1) is 5.69 Å². The van der Waals surface area contributed by atoms with E-state index in [1.54, 1.807) is 6.08 Å². The summed E-state index contributed by atoms with van der Waals surface area (Å²) in [6, 6.07) is 7.69. The maximum atomic E-state index is 10.3. The second-order valence-electron chi connectivity index (χ2n) is 4.52. The van der Waals surface area contributed by atoms with Crippen LogP contribution >= 0.6 is 0 Å². The third kappa shape index (κ3) is 5.79. The van der Waals surface area contributed by atoms with Gasteiger partial charge in [-0.05, 0) is 24.5 Å². The zero-order valence-corrected chi connectivity index (χ0v) is 11.2. The van der Waals surface area contributed by atoms with Crippen LogP contribution in [0.15, 0.2) is 29.3 Å². The SMILES string of the molecule is CCCCCCCC[CH]c1ccccc1N=C=O. The molecule has 0 amide bonds. The van der Waals surface area contributed by atoms with Crippen molar-refractivity contribution in [2.24, 2.45) is 4.99 Å². The first-order valence-corrected chi connectivity index (χ1v) is 6.88. The van der Waals surface area contributed by atoms with E-state index >= 15 is 0 Å². The molecular weight excluding hydrogens is 222 g/mol. The number of hydrogen-bond acceptors (Lipinski definition) is 2. The molecule has 97 valence electrons. The van der Waals surface area contributed by atoms with Crippen molar-refractivity contribution >= 4 is 11.8 Å². The number of benzene rings is 1. The Kier molecular flexibility index (Phi) is 7.83. The predicted molar refractivity (Wildman–Crippen MR) is 75.6 cm³/mol. The second-order valence-corrected chi connectivity index (χ2v) is 4.52. The topological polar surface area (TPSA) is 29.4 Å². The van der Waals surface area contributed by atoms with Gasteiger partial charge in [0.15, 0.2) is 0 Å². The molecule has 0 saturated heterocycles. The molecule has 0 fully saturated rings.